The van der Waals surface area contributed by atoms with E-state index in [2.05, 4.69) is 41.5 Å². The predicted octanol–water partition coefficient (Wildman–Crippen LogP) is 4.40. The van der Waals surface area contributed by atoms with Crippen LogP contribution in [0.15, 0.2) is 70.0 Å². The number of amides is 1. The molecule has 27 heavy (non-hydrogen) atoms. The third kappa shape index (κ3) is 3.80. The van der Waals surface area contributed by atoms with Crippen molar-refractivity contribution in [1.82, 2.24) is 4.98 Å². The number of carbonyl (C=O) groups is 1. The molecular formula is C21H16N2O3S. The van der Waals surface area contributed by atoms with Gasteiger partial charge in [-0.2, -0.15) is 0 Å². The molecule has 4 aromatic rings. The summed E-state index contributed by atoms with van der Waals surface area (Å²) in [7, 11) is 0. The molecule has 0 spiro atoms. The molecule has 5 nitrogen and oxygen atoms in total. The summed E-state index contributed by atoms with van der Waals surface area (Å²) in [5.74, 6) is -0.525. The van der Waals surface area contributed by atoms with Gasteiger partial charge < -0.3 is 4.42 Å². The summed E-state index contributed by atoms with van der Waals surface area (Å²) in [5.41, 5.74) is 1.87. The maximum absolute atomic E-state index is 12.4. The molecule has 1 N–H and O–H groups in total. The van der Waals surface area contributed by atoms with E-state index < -0.39 is 11.5 Å². The van der Waals surface area contributed by atoms with E-state index >= 15 is 0 Å². The van der Waals surface area contributed by atoms with Crippen LogP contribution in [-0.2, 0) is 6.42 Å². The normalized spacial score (nSPS) is 10.9. The van der Waals surface area contributed by atoms with Gasteiger partial charge in [-0.15, -0.1) is 11.3 Å². The van der Waals surface area contributed by atoms with Crippen LogP contribution in [0.3, 0.4) is 0 Å². The molecule has 0 radical (unpaired) electrons. The highest BCUT2D eigenvalue weighted by molar-refractivity contribution is 7.15. The number of aryl methyl sites for hydroxylation is 1. The number of nitrogens with one attached hydrogen (secondary N) is 1. The molecule has 0 atom stereocenters. The lowest BCUT2D eigenvalue weighted by molar-refractivity contribution is 0.0993. The molecule has 6 heteroatoms. The van der Waals surface area contributed by atoms with E-state index in [9.17, 15) is 9.59 Å². The number of benzene rings is 2. The molecule has 0 aliphatic rings. The third-order valence-electron chi connectivity index (χ3n) is 4.17. The summed E-state index contributed by atoms with van der Waals surface area (Å²) in [5, 5.41) is 4.28. The maximum atomic E-state index is 12.4. The number of thiazole rings is 1. The Kier molecular flexibility index (Phi) is 4.56. The Morgan fingerprint density at radius 2 is 1.93 bits per heavy atom. The number of rotatable bonds is 4. The first-order chi connectivity index (χ1) is 13.1. The van der Waals surface area contributed by atoms with Gasteiger partial charge in [-0.25, -0.2) is 9.78 Å². The van der Waals surface area contributed by atoms with Crippen molar-refractivity contribution in [1.29, 1.82) is 0 Å². The van der Waals surface area contributed by atoms with Gasteiger partial charge in [0.15, 0.2) is 10.9 Å². The van der Waals surface area contributed by atoms with Crippen LogP contribution in [0, 0.1) is 6.92 Å². The number of aromatic nitrogens is 1. The van der Waals surface area contributed by atoms with Gasteiger partial charge in [0.2, 0.25) is 0 Å². The fraction of sp³-hybridized carbons (Fsp3) is 0.0952. The van der Waals surface area contributed by atoms with Crippen LogP contribution in [0.4, 0.5) is 5.13 Å². The van der Waals surface area contributed by atoms with Crippen molar-refractivity contribution in [3.63, 3.8) is 0 Å². The standard InChI is InChI=1S/C21H16N2O3S/c1-13-6-8-14(9-7-13)10-16-12-22-21(27-16)23-19(24)18-11-15-4-2-3-5-17(15)20(25)26-18/h2-9,11-12H,10H2,1H3,(H,22,23,24). The Morgan fingerprint density at radius 3 is 2.74 bits per heavy atom. The van der Waals surface area contributed by atoms with Gasteiger partial charge in [0.25, 0.3) is 5.91 Å². The highest BCUT2D eigenvalue weighted by Gasteiger charge is 2.14. The van der Waals surface area contributed by atoms with Gasteiger partial charge in [0.05, 0.1) is 5.39 Å². The minimum atomic E-state index is -0.530. The highest BCUT2D eigenvalue weighted by Crippen LogP contribution is 2.22. The molecule has 0 aliphatic heterocycles. The fourth-order valence-electron chi connectivity index (χ4n) is 2.76. The lowest BCUT2D eigenvalue weighted by atomic mass is 10.1. The summed E-state index contributed by atoms with van der Waals surface area (Å²) in [6.45, 7) is 2.05. The topological polar surface area (TPSA) is 72.2 Å². The van der Waals surface area contributed by atoms with Gasteiger partial charge >= 0.3 is 5.63 Å². The Balaban J connectivity index is 1.51. The Labute approximate surface area is 159 Å². The quantitative estimate of drug-likeness (QED) is 0.573. The van der Waals surface area contributed by atoms with Gasteiger partial charge in [-0.05, 0) is 30.0 Å². The summed E-state index contributed by atoms with van der Waals surface area (Å²) in [6.07, 6.45) is 2.50. The molecule has 4 rings (SSSR count). The lowest BCUT2D eigenvalue weighted by Crippen LogP contribution is -2.14. The monoisotopic (exact) mass is 376 g/mol. The van der Waals surface area contributed by atoms with E-state index in [1.54, 1.807) is 30.5 Å². The van der Waals surface area contributed by atoms with Crippen molar-refractivity contribution in [2.75, 3.05) is 5.32 Å². The molecule has 0 saturated heterocycles. The van der Waals surface area contributed by atoms with E-state index in [0.717, 1.165) is 11.3 Å². The fourth-order valence-corrected chi connectivity index (χ4v) is 3.60. The number of nitrogens with zero attached hydrogens (tertiary/aromatic N) is 1. The first-order valence-electron chi connectivity index (χ1n) is 8.43. The van der Waals surface area contributed by atoms with Crippen molar-refractivity contribution in [3.8, 4) is 0 Å². The van der Waals surface area contributed by atoms with Crippen LogP contribution in [0.5, 0.6) is 0 Å². The van der Waals surface area contributed by atoms with Crippen molar-refractivity contribution in [3.05, 3.63) is 93.0 Å². The van der Waals surface area contributed by atoms with Crippen molar-refractivity contribution in [2.24, 2.45) is 0 Å². The van der Waals surface area contributed by atoms with Gasteiger partial charge in [-0.3, -0.25) is 10.1 Å². The van der Waals surface area contributed by atoms with E-state index in [4.69, 9.17) is 4.42 Å². The van der Waals surface area contributed by atoms with Crippen LogP contribution >= 0.6 is 11.3 Å². The van der Waals surface area contributed by atoms with Crippen LogP contribution in [0.25, 0.3) is 10.8 Å². The van der Waals surface area contributed by atoms with Gasteiger partial charge in [0, 0.05) is 17.5 Å². The third-order valence-corrected chi connectivity index (χ3v) is 5.08. The lowest BCUT2D eigenvalue weighted by Gasteiger charge is -2.02. The molecule has 0 bridgehead atoms. The van der Waals surface area contributed by atoms with Gasteiger partial charge in [0.1, 0.15) is 0 Å². The van der Waals surface area contributed by atoms with E-state index in [-0.39, 0.29) is 5.76 Å². The van der Waals surface area contributed by atoms with E-state index in [1.807, 2.05) is 6.07 Å². The molecule has 2 aromatic carbocycles. The second-order valence-electron chi connectivity index (χ2n) is 6.23. The van der Waals surface area contributed by atoms with Crippen molar-refractivity contribution < 1.29 is 9.21 Å². The molecule has 0 unspecified atom stereocenters. The minimum absolute atomic E-state index is 0.0333. The van der Waals surface area contributed by atoms with Crippen molar-refractivity contribution >= 4 is 33.1 Å². The Morgan fingerprint density at radius 1 is 1.15 bits per heavy atom. The van der Waals surface area contributed by atoms with Crippen LogP contribution in [0.1, 0.15) is 26.6 Å². The summed E-state index contributed by atoms with van der Waals surface area (Å²) in [4.78, 5) is 29.7. The zero-order chi connectivity index (χ0) is 18.8. The highest BCUT2D eigenvalue weighted by atomic mass is 32.1. The summed E-state index contributed by atoms with van der Waals surface area (Å²) < 4.78 is 5.15. The van der Waals surface area contributed by atoms with Gasteiger partial charge in [-0.1, -0.05) is 48.0 Å². The number of anilines is 1. The SMILES string of the molecule is Cc1ccc(Cc2cnc(NC(=O)c3cc4ccccc4c(=O)o3)s2)cc1. The maximum Gasteiger partial charge on any atom is 0.344 e. The Hall–Kier alpha value is -3.25. The molecule has 0 saturated carbocycles. The molecule has 2 aromatic heterocycles. The largest absolute Gasteiger partial charge is 0.417 e. The molecule has 134 valence electrons. The van der Waals surface area contributed by atoms with Crippen LogP contribution in [0.2, 0.25) is 0 Å². The molecule has 0 fully saturated rings. The number of hydrogen-bond donors (Lipinski definition) is 1. The van der Waals surface area contributed by atoms with Crippen molar-refractivity contribution in [2.45, 2.75) is 13.3 Å². The molecule has 2 heterocycles. The zero-order valence-corrected chi connectivity index (χ0v) is 15.4. The number of hydrogen-bond acceptors (Lipinski definition) is 5. The second kappa shape index (κ2) is 7.17. The summed E-state index contributed by atoms with van der Waals surface area (Å²) in [6, 6.07) is 16.9. The molecule has 1 amide bonds. The average Bonchev–Trinajstić information content (AvgIpc) is 3.10. The Bertz CT molecular complexity index is 1180. The van der Waals surface area contributed by atoms with E-state index in [1.165, 1.54) is 22.5 Å². The number of fused-ring (bicyclic) bond motifs is 1. The number of carbonyl (C=O) groups excluding carboxylic acids is 1. The predicted molar refractivity (Wildman–Crippen MR) is 107 cm³/mol. The summed E-state index contributed by atoms with van der Waals surface area (Å²) >= 11 is 1.40. The van der Waals surface area contributed by atoms with Crippen LogP contribution in [-0.4, -0.2) is 10.9 Å². The van der Waals surface area contributed by atoms with E-state index in [0.29, 0.717) is 15.9 Å². The second-order valence-corrected chi connectivity index (χ2v) is 7.35. The smallest absolute Gasteiger partial charge is 0.344 e. The molecular weight excluding hydrogens is 360 g/mol. The molecule has 0 aliphatic carbocycles. The first kappa shape index (κ1) is 17.2. The first-order valence-corrected chi connectivity index (χ1v) is 9.24. The zero-order valence-electron chi connectivity index (χ0n) is 14.6. The average molecular weight is 376 g/mol. The van der Waals surface area contributed by atoms with Crippen LogP contribution < -0.4 is 10.9 Å². The minimum Gasteiger partial charge on any atom is -0.417 e.